The first-order valence-electron chi connectivity index (χ1n) is 12.2. The number of likely N-dealkylation sites (tertiary alicyclic amines) is 1. The third-order valence-electron chi connectivity index (χ3n) is 6.68. The smallest absolute Gasteiger partial charge is 0.317 e. The number of amides is 3. The lowest BCUT2D eigenvalue weighted by atomic mass is 10.1. The van der Waals surface area contributed by atoms with Gasteiger partial charge in [0.1, 0.15) is 11.6 Å². The lowest BCUT2D eigenvalue weighted by Crippen LogP contribution is -2.53. The van der Waals surface area contributed by atoms with Gasteiger partial charge in [0, 0.05) is 38.4 Å². The molecule has 9 heteroatoms. The highest BCUT2D eigenvalue weighted by Gasteiger charge is 2.26. The van der Waals surface area contributed by atoms with Crippen LogP contribution in [0.25, 0.3) is 0 Å². The highest BCUT2D eigenvalue weighted by atomic mass is 19.1. The SMILES string of the molecule is COc1ccc([C@H](CNC(=O)N2CCN(CC(=O)Nc3ccc(F)cc3)CC2)N2CCCC2)cc1. The first kappa shape index (κ1) is 24.9. The van der Waals surface area contributed by atoms with Crippen molar-refractivity contribution in [1.82, 2.24) is 20.0 Å². The summed E-state index contributed by atoms with van der Waals surface area (Å²) in [5, 5.41) is 5.91. The number of nitrogens with zero attached hydrogens (tertiary/aromatic N) is 3. The van der Waals surface area contributed by atoms with Crippen LogP contribution in [0, 0.1) is 5.82 Å². The third-order valence-corrected chi connectivity index (χ3v) is 6.68. The highest BCUT2D eigenvalue weighted by molar-refractivity contribution is 5.92. The van der Waals surface area contributed by atoms with Gasteiger partial charge in [-0.15, -0.1) is 0 Å². The molecule has 2 saturated heterocycles. The number of piperazine rings is 1. The number of carbonyl (C=O) groups excluding carboxylic acids is 2. The second kappa shape index (κ2) is 12.0. The summed E-state index contributed by atoms with van der Waals surface area (Å²) in [7, 11) is 1.66. The number of nitrogens with one attached hydrogen (secondary N) is 2. The number of urea groups is 1. The third kappa shape index (κ3) is 6.93. The normalized spacial score (nSPS) is 17.7. The van der Waals surface area contributed by atoms with Crippen LogP contribution in [0.3, 0.4) is 0 Å². The van der Waals surface area contributed by atoms with E-state index < -0.39 is 0 Å². The molecule has 2 aromatic rings. The molecule has 2 aliphatic rings. The molecule has 3 amide bonds. The summed E-state index contributed by atoms with van der Waals surface area (Å²) in [6.45, 7) is 5.22. The van der Waals surface area contributed by atoms with Gasteiger partial charge in [-0.2, -0.15) is 0 Å². The summed E-state index contributed by atoms with van der Waals surface area (Å²) in [6.07, 6.45) is 2.36. The van der Waals surface area contributed by atoms with Crippen LogP contribution in [-0.4, -0.2) is 86.1 Å². The number of methoxy groups -OCH3 is 1. The molecule has 0 aliphatic carbocycles. The fourth-order valence-corrected chi connectivity index (χ4v) is 4.68. The van der Waals surface area contributed by atoms with Crippen LogP contribution in [0.2, 0.25) is 0 Å². The van der Waals surface area contributed by atoms with E-state index in [0.29, 0.717) is 38.4 Å². The first-order valence-corrected chi connectivity index (χ1v) is 12.2. The van der Waals surface area contributed by atoms with Gasteiger partial charge in [0.2, 0.25) is 5.91 Å². The molecule has 1 atom stereocenters. The second-order valence-electron chi connectivity index (χ2n) is 9.04. The maximum atomic E-state index is 13.0. The Labute approximate surface area is 206 Å². The average molecular weight is 484 g/mol. The Kier molecular flexibility index (Phi) is 8.54. The number of hydrogen-bond donors (Lipinski definition) is 2. The molecule has 0 saturated carbocycles. The summed E-state index contributed by atoms with van der Waals surface area (Å²) < 4.78 is 18.3. The van der Waals surface area contributed by atoms with E-state index in [-0.39, 0.29) is 30.3 Å². The number of hydrogen-bond acceptors (Lipinski definition) is 5. The van der Waals surface area contributed by atoms with Crippen LogP contribution in [0.5, 0.6) is 5.75 Å². The van der Waals surface area contributed by atoms with Crippen LogP contribution in [0.1, 0.15) is 24.4 Å². The zero-order chi connectivity index (χ0) is 24.6. The number of halogens is 1. The standard InChI is InChI=1S/C26H34FN5O3/c1-35-23-10-4-20(5-11-23)24(31-12-2-3-13-31)18-28-26(34)32-16-14-30(15-17-32)19-25(33)29-22-8-6-21(27)7-9-22/h4-11,24H,2-3,12-19H2,1H3,(H,28,34)(H,29,33)/t24-/m0/s1. The highest BCUT2D eigenvalue weighted by Crippen LogP contribution is 2.26. The van der Waals surface area contributed by atoms with E-state index in [4.69, 9.17) is 4.74 Å². The van der Waals surface area contributed by atoms with Crippen molar-refractivity contribution in [2.24, 2.45) is 0 Å². The summed E-state index contributed by atoms with van der Waals surface area (Å²) in [5.41, 5.74) is 1.74. The molecule has 188 valence electrons. The molecule has 0 aromatic heterocycles. The van der Waals surface area contributed by atoms with E-state index in [1.54, 1.807) is 7.11 Å². The number of ether oxygens (including phenoxy) is 1. The minimum Gasteiger partial charge on any atom is -0.497 e. The Morgan fingerprint density at radius 1 is 0.943 bits per heavy atom. The Balaban J connectivity index is 1.24. The summed E-state index contributed by atoms with van der Waals surface area (Å²) in [4.78, 5) is 31.5. The van der Waals surface area contributed by atoms with Gasteiger partial charge >= 0.3 is 6.03 Å². The first-order chi connectivity index (χ1) is 17.0. The fourth-order valence-electron chi connectivity index (χ4n) is 4.68. The topological polar surface area (TPSA) is 77.1 Å². The van der Waals surface area contributed by atoms with Crippen molar-refractivity contribution in [2.45, 2.75) is 18.9 Å². The lowest BCUT2D eigenvalue weighted by Gasteiger charge is -2.35. The molecule has 2 heterocycles. The maximum Gasteiger partial charge on any atom is 0.317 e. The molecule has 0 bridgehead atoms. The van der Waals surface area contributed by atoms with Crippen LogP contribution < -0.4 is 15.4 Å². The Bertz CT molecular complexity index is 971. The van der Waals surface area contributed by atoms with Crippen molar-refractivity contribution >= 4 is 17.6 Å². The predicted octanol–water partition coefficient (Wildman–Crippen LogP) is 2.94. The van der Waals surface area contributed by atoms with Gasteiger partial charge in [-0.1, -0.05) is 12.1 Å². The molecule has 2 fully saturated rings. The summed E-state index contributed by atoms with van der Waals surface area (Å²) >= 11 is 0. The van der Waals surface area contributed by atoms with Gasteiger partial charge in [0.25, 0.3) is 0 Å². The quantitative estimate of drug-likeness (QED) is 0.604. The van der Waals surface area contributed by atoms with Crippen molar-refractivity contribution in [2.75, 3.05) is 64.8 Å². The van der Waals surface area contributed by atoms with E-state index in [1.165, 1.54) is 42.7 Å². The van der Waals surface area contributed by atoms with Gasteiger partial charge < -0.3 is 20.3 Å². The molecule has 2 aliphatic heterocycles. The molecule has 0 radical (unpaired) electrons. The van der Waals surface area contributed by atoms with Crippen molar-refractivity contribution in [1.29, 1.82) is 0 Å². The molecule has 2 aromatic carbocycles. The molecular weight excluding hydrogens is 449 g/mol. The zero-order valence-electron chi connectivity index (χ0n) is 20.2. The monoisotopic (exact) mass is 483 g/mol. The second-order valence-corrected chi connectivity index (χ2v) is 9.04. The molecule has 2 N–H and O–H groups in total. The Hall–Kier alpha value is -3.17. The van der Waals surface area contributed by atoms with Gasteiger partial charge in [0.05, 0.1) is 19.7 Å². The zero-order valence-corrected chi connectivity index (χ0v) is 20.2. The molecule has 0 unspecified atom stereocenters. The molecule has 8 nitrogen and oxygen atoms in total. The molecule has 0 spiro atoms. The summed E-state index contributed by atoms with van der Waals surface area (Å²) in [6, 6.07) is 13.8. The van der Waals surface area contributed by atoms with Crippen molar-refractivity contribution in [3.05, 3.63) is 59.9 Å². The van der Waals surface area contributed by atoms with E-state index in [2.05, 4.69) is 27.7 Å². The minimum absolute atomic E-state index is 0.0712. The predicted molar refractivity (Wildman–Crippen MR) is 133 cm³/mol. The van der Waals surface area contributed by atoms with E-state index in [1.807, 2.05) is 21.9 Å². The van der Waals surface area contributed by atoms with Gasteiger partial charge in [-0.25, -0.2) is 9.18 Å². The van der Waals surface area contributed by atoms with E-state index >= 15 is 0 Å². The van der Waals surface area contributed by atoms with Gasteiger partial charge in [0.15, 0.2) is 0 Å². The number of rotatable bonds is 8. The van der Waals surface area contributed by atoms with Gasteiger partial charge in [-0.05, 0) is 67.9 Å². The number of carbonyl (C=O) groups is 2. The maximum absolute atomic E-state index is 13.0. The van der Waals surface area contributed by atoms with Crippen LogP contribution >= 0.6 is 0 Å². The average Bonchev–Trinajstić information content (AvgIpc) is 3.41. The lowest BCUT2D eigenvalue weighted by molar-refractivity contribution is -0.117. The molecular formula is C26H34FN5O3. The van der Waals surface area contributed by atoms with Crippen molar-refractivity contribution in [3.63, 3.8) is 0 Å². The Morgan fingerprint density at radius 2 is 1.60 bits per heavy atom. The van der Waals surface area contributed by atoms with E-state index in [0.717, 1.165) is 18.8 Å². The largest absolute Gasteiger partial charge is 0.497 e. The Morgan fingerprint density at radius 3 is 2.23 bits per heavy atom. The van der Waals surface area contributed by atoms with Crippen LogP contribution in [0.15, 0.2) is 48.5 Å². The molecule has 35 heavy (non-hydrogen) atoms. The van der Waals surface area contributed by atoms with Gasteiger partial charge in [-0.3, -0.25) is 14.6 Å². The fraction of sp³-hybridized carbons (Fsp3) is 0.462. The van der Waals surface area contributed by atoms with Crippen LogP contribution in [-0.2, 0) is 4.79 Å². The summed E-state index contributed by atoms with van der Waals surface area (Å²) in [5.74, 6) is 0.331. The van der Waals surface area contributed by atoms with Crippen molar-refractivity contribution in [3.8, 4) is 5.75 Å². The van der Waals surface area contributed by atoms with Crippen LogP contribution in [0.4, 0.5) is 14.9 Å². The number of benzene rings is 2. The molecule has 4 rings (SSSR count). The van der Waals surface area contributed by atoms with Crippen molar-refractivity contribution < 1.29 is 18.7 Å². The minimum atomic E-state index is -0.340. The van der Waals surface area contributed by atoms with E-state index in [9.17, 15) is 14.0 Å². The number of anilines is 1.